The first-order valence-corrected chi connectivity index (χ1v) is 9.68. The van der Waals surface area contributed by atoms with Crippen LogP contribution in [0.1, 0.15) is 27.5 Å². The number of carbonyl (C=O) groups is 2. The summed E-state index contributed by atoms with van der Waals surface area (Å²) in [5.41, 5.74) is 9.06. The molecule has 3 aromatic carbocycles. The number of amides is 2. The van der Waals surface area contributed by atoms with E-state index in [-0.39, 0.29) is 0 Å². The molecule has 1 heterocycles. The Morgan fingerprint density at radius 1 is 0.871 bits per heavy atom. The summed E-state index contributed by atoms with van der Waals surface area (Å²) in [6, 6.07) is 22.4. The second-order valence-electron chi connectivity index (χ2n) is 7.02. The van der Waals surface area contributed by atoms with E-state index >= 15 is 0 Å². The van der Waals surface area contributed by atoms with Gasteiger partial charge in [-0.05, 0) is 48.4 Å². The number of primary amides is 1. The predicted molar refractivity (Wildman–Crippen MR) is 116 cm³/mol. The molecule has 0 aliphatic heterocycles. The van der Waals surface area contributed by atoms with Crippen molar-refractivity contribution in [2.24, 2.45) is 5.73 Å². The Morgan fingerprint density at radius 3 is 2.19 bits per heavy atom. The fourth-order valence-corrected chi connectivity index (χ4v) is 3.20. The molecule has 7 nitrogen and oxygen atoms in total. The Labute approximate surface area is 178 Å². The van der Waals surface area contributed by atoms with Crippen LogP contribution in [0.3, 0.4) is 0 Å². The number of carbonyl (C=O) groups excluding carboxylic acids is 2. The molecule has 0 aliphatic rings. The van der Waals surface area contributed by atoms with Crippen LogP contribution in [0.15, 0.2) is 83.3 Å². The fraction of sp³-hybridized carbons (Fsp3) is 0.0833. The van der Waals surface area contributed by atoms with Crippen molar-refractivity contribution < 1.29 is 14.0 Å². The molecule has 0 saturated carbocycles. The summed E-state index contributed by atoms with van der Waals surface area (Å²) < 4.78 is 5.81. The van der Waals surface area contributed by atoms with Gasteiger partial charge >= 0.3 is 0 Å². The summed E-state index contributed by atoms with van der Waals surface area (Å²) in [4.78, 5) is 24.5. The maximum atomic E-state index is 12.6. The summed E-state index contributed by atoms with van der Waals surface area (Å²) in [6.45, 7) is 1.97. The topological polar surface area (TPSA) is 111 Å². The van der Waals surface area contributed by atoms with Gasteiger partial charge in [-0.2, -0.15) is 0 Å². The SMILES string of the molecule is Cc1ccccc1-c1nnc(-c2ccc(C(=O)N[C@H](C(N)=O)c3ccccc3)cc2)o1. The van der Waals surface area contributed by atoms with Gasteiger partial charge in [-0.25, -0.2) is 0 Å². The van der Waals surface area contributed by atoms with E-state index in [4.69, 9.17) is 10.2 Å². The molecular formula is C24H20N4O3. The van der Waals surface area contributed by atoms with Gasteiger partial charge in [0.05, 0.1) is 0 Å². The summed E-state index contributed by atoms with van der Waals surface area (Å²) in [5, 5.41) is 10.9. The van der Waals surface area contributed by atoms with E-state index < -0.39 is 17.9 Å². The monoisotopic (exact) mass is 412 g/mol. The highest BCUT2D eigenvalue weighted by molar-refractivity contribution is 5.97. The summed E-state index contributed by atoms with van der Waals surface area (Å²) in [6.07, 6.45) is 0. The van der Waals surface area contributed by atoms with Crippen LogP contribution in [0.2, 0.25) is 0 Å². The molecule has 0 spiro atoms. The first-order valence-electron chi connectivity index (χ1n) is 9.68. The van der Waals surface area contributed by atoms with E-state index in [9.17, 15) is 9.59 Å². The number of hydrogen-bond donors (Lipinski definition) is 2. The smallest absolute Gasteiger partial charge is 0.252 e. The molecule has 0 aliphatic carbocycles. The Balaban J connectivity index is 1.51. The van der Waals surface area contributed by atoms with Crippen molar-refractivity contribution >= 4 is 11.8 Å². The zero-order valence-electron chi connectivity index (χ0n) is 16.8. The van der Waals surface area contributed by atoms with Crippen LogP contribution in [-0.2, 0) is 4.79 Å². The van der Waals surface area contributed by atoms with Crippen molar-refractivity contribution in [2.75, 3.05) is 0 Å². The van der Waals surface area contributed by atoms with Crippen molar-refractivity contribution in [3.05, 3.63) is 95.6 Å². The number of hydrogen-bond acceptors (Lipinski definition) is 5. The molecule has 31 heavy (non-hydrogen) atoms. The van der Waals surface area contributed by atoms with Crippen molar-refractivity contribution in [1.29, 1.82) is 0 Å². The molecular weight excluding hydrogens is 392 g/mol. The van der Waals surface area contributed by atoms with Crippen LogP contribution in [0.5, 0.6) is 0 Å². The molecule has 1 aromatic heterocycles. The molecule has 3 N–H and O–H groups in total. The maximum absolute atomic E-state index is 12.6. The van der Waals surface area contributed by atoms with Gasteiger partial charge < -0.3 is 15.5 Å². The van der Waals surface area contributed by atoms with Crippen LogP contribution in [0, 0.1) is 6.92 Å². The average molecular weight is 412 g/mol. The van der Waals surface area contributed by atoms with Crippen molar-refractivity contribution in [2.45, 2.75) is 13.0 Å². The minimum absolute atomic E-state index is 0.351. The largest absolute Gasteiger partial charge is 0.416 e. The van der Waals surface area contributed by atoms with Gasteiger partial charge in [-0.3, -0.25) is 9.59 Å². The van der Waals surface area contributed by atoms with Gasteiger partial charge in [0.1, 0.15) is 6.04 Å². The molecule has 0 bridgehead atoms. The highest BCUT2D eigenvalue weighted by Crippen LogP contribution is 2.26. The lowest BCUT2D eigenvalue weighted by atomic mass is 10.1. The molecule has 0 unspecified atom stereocenters. The minimum atomic E-state index is -0.916. The number of aromatic nitrogens is 2. The zero-order chi connectivity index (χ0) is 21.8. The second kappa shape index (κ2) is 8.62. The number of aryl methyl sites for hydroxylation is 1. The van der Waals surface area contributed by atoms with Crippen LogP contribution in [0.25, 0.3) is 22.9 Å². The van der Waals surface area contributed by atoms with Crippen LogP contribution >= 0.6 is 0 Å². The van der Waals surface area contributed by atoms with Gasteiger partial charge in [-0.15, -0.1) is 10.2 Å². The Morgan fingerprint density at radius 2 is 1.52 bits per heavy atom. The Hall–Kier alpha value is -4.26. The van der Waals surface area contributed by atoms with E-state index in [1.807, 2.05) is 37.3 Å². The molecule has 154 valence electrons. The third-order valence-corrected chi connectivity index (χ3v) is 4.89. The molecule has 2 amide bonds. The average Bonchev–Trinajstić information content (AvgIpc) is 3.28. The van der Waals surface area contributed by atoms with E-state index in [1.54, 1.807) is 48.5 Å². The van der Waals surface area contributed by atoms with E-state index in [0.29, 0.717) is 28.5 Å². The first kappa shape index (κ1) is 20.0. The second-order valence-corrected chi connectivity index (χ2v) is 7.02. The lowest BCUT2D eigenvalue weighted by Crippen LogP contribution is -2.37. The highest BCUT2D eigenvalue weighted by Gasteiger charge is 2.21. The third kappa shape index (κ3) is 4.35. The molecule has 7 heteroatoms. The fourth-order valence-electron chi connectivity index (χ4n) is 3.20. The molecule has 0 radical (unpaired) electrons. The Kier molecular flexibility index (Phi) is 5.57. The number of benzene rings is 3. The van der Waals surface area contributed by atoms with Crippen LogP contribution in [0.4, 0.5) is 0 Å². The molecule has 1 atom stereocenters. The van der Waals surface area contributed by atoms with Gasteiger partial charge in [0.2, 0.25) is 17.7 Å². The number of rotatable bonds is 6. The van der Waals surface area contributed by atoms with Gasteiger partial charge in [0.25, 0.3) is 5.91 Å². The van der Waals surface area contributed by atoms with Crippen molar-refractivity contribution in [3.63, 3.8) is 0 Å². The molecule has 4 rings (SSSR count). The zero-order valence-corrected chi connectivity index (χ0v) is 16.8. The van der Waals surface area contributed by atoms with Crippen LogP contribution < -0.4 is 11.1 Å². The van der Waals surface area contributed by atoms with Gasteiger partial charge in [0.15, 0.2) is 0 Å². The van der Waals surface area contributed by atoms with Crippen molar-refractivity contribution in [1.82, 2.24) is 15.5 Å². The Bertz CT molecular complexity index is 1220. The lowest BCUT2D eigenvalue weighted by Gasteiger charge is -2.16. The van der Waals surface area contributed by atoms with Gasteiger partial charge in [0, 0.05) is 16.7 Å². The number of nitrogens with one attached hydrogen (secondary N) is 1. The van der Waals surface area contributed by atoms with Crippen LogP contribution in [-0.4, -0.2) is 22.0 Å². The predicted octanol–water partition coefficient (Wildman–Crippen LogP) is 3.67. The van der Waals surface area contributed by atoms with E-state index in [0.717, 1.165) is 11.1 Å². The third-order valence-electron chi connectivity index (χ3n) is 4.89. The highest BCUT2D eigenvalue weighted by atomic mass is 16.4. The summed E-state index contributed by atoms with van der Waals surface area (Å²) >= 11 is 0. The minimum Gasteiger partial charge on any atom is -0.416 e. The maximum Gasteiger partial charge on any atom is 0.252 e. The standard InChI is InChI=1S/C24H20N4O3/c1-15-7-5-6-10-19(15)24-28-27-23(31-24)18-13-11-17(12-14-18)22(30)26-20(21(25)29)16-8-3-2-4-9-16/h2-14,20H,1H3,(H2,25,29)(H,26,30)/t20-/m0/s1. The van der Waals surface area contributed by atoms with Crippen molar-refractivity contribution in [3.8, 4) is 22.9 Å². The van der Waals surface area contributed by atoms with Gasteiger partial charge in [-0.1, -0.05) is 48.5 Å². The first-order chi connectivity index (χ1) is 15.0. The quantitative estimate of drug-likeness (QED) is 0.502. The molecule has 4 aromatic rings. The number of nitrogens with two attached hydrogens (primary N) is 1. The molecule has 0 fully saturated rings. The van der Waals surface area contributed by atoms with E-state index in [1.165, 1.54) is 0 Å². The normalized spacial score (nSPS) is 11.6. The van der Waals surface area contributed by atoms with E-state index in [2.05, 4.69) is 15.5 Å². The summed E-state index contributed by atoms with van der Waals surface area (Å²) in [5.74, 6) is -0.261. The molecule has 0 saturated heterocycles. The lowest BCUT2D eigenvalue weighted by molar-refractivity contribution is -0.120. The number of nitrogens with zero attached hydrogens (tertiary/aromatic N) is 2. The summed E-state index contributed by atoms with van der Waals surface area (Å²) in [7, 11) is 0.